The van der Waals surface area contributed by atoms with E-state index in [0.29, 0.717) is 26.1 Å². The normalized spacial score (nSPS) is 11.5. The highest BCUT2D eigenvalue weighted by Gasteiger charge is 2.06. The first-order chi connectivity index (χ1) is 32.2. The van der Waals surface area contributed by atoms with Gasteiger partial charge in [-0.05, 0) is 37.2 Å². The molecule has 0 bridgehead atoms. The maximum atomic E-state index is 12.1. The molecule has 0 amide bonds. The Balaban J connectivity index is 3.22. The fourth-order valence-electron chi connectivity index (χ4n) is 9.38. The van der Waals surface area contributed by atoms with E-state index in [-0.39, 0.29) is 11.9 Å². The van der Waals surface area contributed by atoms with E-state index in [0.717, 1.165) is 37.2 Å². The van der Waals surface area contributed by atoms with Gasteiger partial charge in [0.05, 0.1) is 13.2 Å². The smallest absolute Gasteiger partial charge is 0.305 e. The minimum absolute atomic E-state index is 0.0518. The fourth-order valence-corrected chi connectivity index (χ4v) is 10.3. The SMILES string of the molecule is CCCCCCCCCCCCCCCCCCCCCCCCCCOC(=O)CCCSCCCC(=O)OCCCCCCCCCCCCCCCCCCCCCCCCCC. The van der Waals surface area contributed by atoms with Crippen LogP contribution in [0.15, 0.2) is 0 Å². The second-order valence-corrected chi connectivity index (χ2v) is 21.7. The molecule has 0 aliphatic carbocycles. The second kappa shape index (κ2) is 59.4. The minimum atomic E-state index is -0.0518. The molecule has 65 heavy (non-hydrogen) atoms. The standard InChI is InChI=1S/C60H118O4S/c1-3-5-7-9-11-13-15-17-19-21-23-25-27-29-31-33-35-37-39-41-43-45-47-49-55-63-59(61)53-51-57-65-58-52-54-60(62)64-56-50-48-46-44-42-40-38-36-34-32-30-28-26-24-22-20-18-16-14-12-10-8-6-4-2/h3-58H2,1-2H3. The zero-order valence-electron chi connectivity index (χ0n) is 44.6. The number of unbranched alkanes of at least 4 members (excludes halogenated alkanes) is 46. The van der Waals surface area contributed by atoms with Crippen LogP contribution in [0, 0.1) is 0 Å². The molecule has 4 nitrogen and oxygen atoms in total. The van der Waals surface area contributed by atoms with Gasteiger partial charge < -0.3 is 9.47 Å². The molecule has 0 aromatic carbocycles. The largest absolute Gasteiger partial charge is 0.466 e. The summed E-state index contributed by atoms with van der Waals surface area (Å²) < 4.78 is 10.9. The molecule has 0 aromatic rings. The maximum Gasteiger partial charge on any atom is 0.305 e. The predicted molar refractivity (Wildman–Crippen MR) is 291 cm³/mol. The van der Waals surface area contributed by atoms with Gasteiger partial charge in [-0.3, -0.25) is 9.59 Å². The first kappa shape index (κ1) is 64.3. The Morgan fingerprint density at radius 2 is 0.415 bits per heavy atom. The number of carbonyl (C=O) groups excluding carboxylic acids is 2. The van der Waals surface area contributed by atoms with E-state index in [1.54, 1.807) is 0 Å². The van der Waals surface area contributed by atoms with E-state index in [4.69, 9.17) is 9.47 Å². The minimum Gasteiger partial charge on any atom is -0.466 e. The van der Waals surface area contributed by atoms with Crippen molar-refractivity contribution < 1.29 is 19.1 Å². The Morgan fingerprint density at radius 1 is 0.246 bits per heavy atom. The molecule has 0 radical (unpaired) electrons. The number of hydrogen-bond acceptors (Lipinski definition) is 5. The van der Waals surface area contributed by atoms with Crippen LogP contribution in [-0.2, 0) is 19.1 Å². The quantitative estimate of drug-likeness (QED) is 0.0449. The van der Waals surface area contributed by atoms with E-state index in [9.17, 15) is 9.59 Å². The maximum absolute atomic E-state index is 12.1. The van der Waals surface area contributed by atoms with E-state index < -0.39 is 0 Å². The van der Waals surface area contributed by atoms with Crippen molar-refractivity contribution >= 4 is 23.7 Å². The summed E-state index contributed by atoms with van der Waals surface area (Å²) in [6.45, 7) is 5.75. The van der Waals surface area contributed by atoms with Crippen molar-refractivity contribution in [2.24, 2.45) is 0 Å². The molecule has 0 saturated carbocycles. The van der Waals surface area contributed by atoms with Crippen molar-refractivity contribution in [1.82, 2.24) is 0 Å². The lowest BCUT2D eigenvalue weighted by Gasteiger charge is -2.06. The van der Waals surface area contributed by atoms with Crippen LogP contribution >= 0.6 is 11.8 Å². The molecule has 0 atom stereocenters. The Kier molecular flexibility index (Phi) is 58.8. The molecule has 388 valence electrons. The molecule has 0 saturated heterocycles. The van der Waals surface area contributed by atoms with Gasteiger partial charge in [0, 0.05) is 12.8 Å². The lowest BCUT2D eigenvalue weighted by atomic mass is 10.0. The van der Waals surface area contributed by atoms with Gasteiger partial charge in [0.1, 0.15) is 0 Å². The summed E-state index contributed by atoms with van der Waals surface area (Å²) in [6.07, 6.45) is 69.7. The molecular weight excluding hydrogens is 817 g/mol. The summed E-state index contributed by atoms with van der Waals surface area (Å²) in [5, 5.41) is 0. The first-order valence-corrected chi connectivity index (χ1v) is 31.2. The molecule has 0 N–H and O–H groups in total. The number of esters is 2. The molecular formula is C60H118O4S. The Bertz CT molecular complexity index is 824. The highest BCUT2D eigenvalue weighted by Crippen LogP contribution is 2.18. The Labute approximate surface area is 413 Å². The molecule has 0 heterocycles. The number of carbonyl (C=O) groups is 2. The average molecular weight is 936 g/mol. The number of rotatable bonds is 58. The van der Waals surface area contributed by atoms with Crippen molar-refractivity contribution in [2.45, 2.75) is 348 Å². The van der Waals surface area contributed by atoms with E-state index in [1.807, 2.05) is 11.8 Å². The molecule has 0 spiro atoms. The van der Waals surface area contributed by atoms with Crippen molar-refractivity contribution in [3.05, 3.63) is 0 Å². The molecule has 0 fully saturated rings. The Morgan fingerprint density at radius 3 is 0.600 bits per heavy atom. The highest BCUT2D eigenvalue weighted by molar-refractivity contribution is 7.99. The number of ether oxygens (including phenoxy) is 2. The fraction of sp³-hybridized carbons (Fsp3) is 0.967. The van der Waals surface area contributed by atoms with Crippen molar-refractivity contribution in [1.29, 1.82) is 0 Å². The Hall–Kier alpha value is -0.710. The van der Waals surface area contributed by atoms with Crippen molar-refractivity contribution in [3.8, 4) is 0 Å². The van der Waals surface area contributed by atoms with Crippen molar-refractivity contribution in [2.75, 3.05) is 24.7 Å². The van der Waals surface area contributed by atoms with Crippen LogP contribution in [0.3, 0.4) is 0 Å². The third kappa shape index (κ3) is 59.4. The molecule has 0 aromatic heterocycles. The van der Waals surface area contributed by atoms with Gasteiger partial charge in [0.25, 0.3) is 0 Å². The summed E-state index contributed by atoms with van der Waals surface area (Å²) in [6, 6.07) is 0. The molecule has 0 rings (SSSR count). The van der Waals surface area contributed by atoms with Gasteiger partial charge in [-0.25, -0.2) is 0 Å². The van der Waals surface area contributed by atoms with Crippen LogP contribution in [0.4, 0.5) is 0 Å². The van der Waals surface area contributed by atoms with Crippen LogP contribution in [0.5, 0.6) is 0 Å². The summed E-state index contributed by atoms with van der Waals surface area (Å²) in [7, 11) is 0. The lowest BCUT2D eigenvalue weighted by molar-refractivity contribution is -0.144. The van der Waals surface area contributed by atoms with Gasteiger partial charge >= 0.3 is 11.9 Å². The van der Waals surface area contributed by atoms with Crippen LogP contribution < -0.4 is 0 Å². The molecule has 0 aliphatic heterocycles. The highest BCUT2D eigenvalue weighted by atomic mass is 32.2. The second-order valence-electron chi connectivity index (χ2n) is 20.5. The average Bonchev–Trinajstić information content (AvgIpc) is 3.31. The molecule has 0 aliphatic rings. The van der Waals surface area contributed by atoms with Gasteiger partial charge in [-0.15, -0.1) is 0 Å². The van der Waals surface area contributed by atoms with Crippen molar-refractivity contribution in [3.63, 3.8) is 0 Å². The van der Waals surface area contributed by atoms with Crippen LogP contribution in [-0.4, -0.2) is 36.7 Å². The summed E-state index contributed by atoms with van der Waals surface area (Å²) in [4.78, 5) is 24.2. The molecule has 0 unspecified atom stereocenters. The van der Waals surface area contributed by atoms with Gasteiger partial charge in [0.2, 0.25) is 0 Å². The predicted octanol–water partition coefficient (Wildman–Crippen LogP) is 21.1. The monoisotopic (exact) mass is 935 g/mol. The van der Waals surface area contributed by atoms with Crippen LogP contribution in [0.1, 0.15) is 348 Å². The van der Waals surface area contributed by atoms with Gasteiger partial charge in [-0.1, -0.05) is 309 Å². The number of thioether (sulfide) groups is 1. The lowest BCUT2D eigenvalue weighted by Crippen LogP contribution is -2.07. The summed E-state index contributed by atoms with van der Waals surface area (Å²) in [5.41, 5.74) is 0. The van der Waals surface area contributed by atoms with Gasteiger partial charge in [-0.2, -0.15) is 11.8 Å². The van der Waals surface area contributed by atoms with E-state index in [1.165, 1.54) is 295 Å². The summed E-state index contributed by atoms with van der Waals surface area (Å²) in [5.74, 6) is 1.79. The first-order valence-electron chi connectivity index (χ1n) is 30.1. The third-order valence-electron chi connectivity index (χ3n) is 13.9. The zero-order chi connectivity index (χ0) is 46.9. The van der Waals surface area contributed by atoms with E-state index >= 15 is 0 Å². The van der Waals surface area contributed by atoms with Gasteiger partial charge in [0.15, 0.2) is 0 Å². The summed E-state index contributed by atoms with van der Waals surface area (Å²) >= 11 is 1.83. The third-order valence-corrected chi connectivity index (χ3v) is 15.0. The molecule has 5 heteroatoms. The zero-order valence-corrected chi connectivity index (χ0v) is 45.5. The van der Waals surface area contributed by atoms with Crippen LogP contribution in [0.25, 0.3) is 0 Å². The number of hydrogen-bond donors (Lipinski definition) is 0. The topological polar surface area (TPSA) is 52.6 Å². The van der Waals surface area contributed by atoms with Crippen LogP contribution in [0.2, 0.25) is 0 Å². The van der Waals surface area contributed by atoms with E-state index in [2.05, 4.69) is 13.8 Å².